The lowest BCUT2D eigenvalue weighted by atomic mass is 10.1. The molecule has 0 radical (unpaired) electrons. The van der Waals surface area contributed by atoms with Crippen LogP contribution in [0.2, 0.25) is 0 Å². The molecule has 0 saturated heterocycles. The molecule has 1 aliphatic heterocycles. The zero-order valence-electron chi connectivity index (χ0n) is 14.9. The van der Waals surface area contributed by atoms with Crippen LogP contribution in [0, 0.1) is 6.92 Å². The highest BCUT2D eigenvalue weighted by atomic mass is 16.5. The molecule has 134 valence electrons. The van der Waals surface area contributed by atoms with Crippen LogP contribution in [-0.2, 0) is 6.54 Å². The number of urea groups is 1. The van der Waals surface area contributed by atoms with Crippen molar-refractivity contribution in [2.24, 2.45) is 0 Å². The van der Waals surface area contributed by atoms with E-state index >= 15 is 0 Å². The Morgan fingerprint density at radius 1 is 1.32 bits per heavy atom. The van der Waals surface area contributed by atoms with Crippen LogP contribution in [0.4, 0.5) is 4.79 Å². The third-order valence-electron chi connectivity index (χ3n) is 4.41. The van der Waals surface area contributed by atoms with Gasteiger partial charge < -0.3 is 15.4 Å². The van der Waals surface area contributed by atoms with E-state index in [1.54, 1.807) is 0 Å². The van der Waals surface area contributed by atoms with Gasteiger partial charge >= 0.3 is 6.03 Å². The monoisotopic (exact) mass is 343 g/mol. The van der Waals surface area contributed by atoms with Crippen molar-refractivity contribution in [2.45, 2.75) is 58.3 Å². The van der Waals surface area contributed by atoms with Gasteiger partial charge in [0, 0.05) is 6.54 Å². The van der Waals surface area contributed by atoms with E-state index in [4.69, 9.17) is 4.74 Å². The first-order valence-corrected chi connectivity index (χ1v) is 8.73. The minimum atomic E-state index is -0.213. The Hall–Kier alpha value is -2.57. The van der Waals surface area contributed by atoms with Crippen LogP contribution in [0.25, 0.3) is 0 Å². The molecular weight excluding hydrogens is 318 g/mol. The Bertz CT molecular complexity index is 716. The quantitative estimate of drug-likeness (QED) is 0.874. The molecule has 0 aliphatic carbocycles. The summed E-state index contributed by atoms with van der Waals surface area (Å²) >= 11 is 0. The van der Waals surface area contributed by atoms with Crippen molar-refractivity contribution in [1.29, 1.82) is 0 Å². The minimum absolute atomic E-state index is 0.104. The first-order valence-electron chi connectivity index (χ1n) is 8.73. The third kappa shape index (κ3) is 4.29. The van der Waals surface area contributed by atoms with Crippen LogP contribution >= 0.6 is 0 Å². The predicted molar refractivity (Wildman–Crippen MR) is 94.4 cm³/mol. The highest BCUT2D eigenvalue weighted by Gasteiger charge is 2.26. The van der Waals surface area contributed by atoms with Crippen molar-refractivity contribution in [3.05, 3.63) is 42.0 Å². The summed E-state index contributed by atoms with van der Waals surface area (Å²) in [5.41, 5.74) is 0. The summed E-state index contributed by atoms with van der Waals surface area (Å²) in [5.74, 6) is 2.36. The van der Waals surface area contributed by atoms with E-state index in [9.17, 15) is 4.79 Å². The van der Waals surface area contributed by atoms with Crippen LogP contribution in [-0.4, -0.2) is 32.9 Å². The number of benzene rings is 1. The Morgan fingerprint density at radius 3 is 2.84 bits per heavy atom. The van der Waals surface area contributed by atoms with Crippen molar-refractivity contribution in [3.63, 3.8) is 0 Å². The van der Waals surface area contributed by atoms with E-state index in [1.165, 1.54) is 0 Å². The SMILES string of the molecule is Cc1nc2n(n1)CCCC2NC(=O)NC(C)C(C)Oc1ccccc1. The molecular formula is C18H25N5O2. The summed E-state index contributed by atoms with van der Waals surface area (Å²) in [6.45, 7) is 6.60. The summed E-state index contributed by atoms with van der Waals surface area (Å²) in [7, 11) is 0. The van der Waals surface area contributed by atoms with Crippen LogP contribution < -0.4 is 15.4 Å². The molecule has 1 aromatic carbocycles. The van der Waals surface area contributed by atoms with Gasteiger partial charge in [0.05, 0.1) is 12.1 Å². The maximum atomic E-state index is 12.4. The molecule has 0 saturated carbocycles. The van der Waals surface area contributed by atoms with Gasteiger partial charge in [0.25, 0.3) is 0 Å². The average molecular weight is 343 g/mol. The van der Waals surface area contributed by atoms with E-state index in [0.717, 1.165) is 36.8 Å². The molecule has 0 spiro atoms. The number of hydrogen-bond acceptors (Lipinski definition) is 4. The van der Waals surface area contributed by atoms with Crippen molar-refractivity contribution in [1.82, 2.24) is 25.4 Å². The molecule has 7 heteroatoms. The summed E-state index contributed by atoms with van der Waals surface area (Å²) in [6, 6.07) is 9.14. The van der Waals surface area contributed by atoms with Gasteiger partial charge in [0.15, 0.2) is 0 Å². The molecule has 3 unspecified atom stereocenters. The minimum Gasteiger partial charge on any atom is -0.489 e. The van der Waals surface area contributed by atoms with Gasteiger partial charge in [0.1, 0.15) is 23.5 Å². The smallest absolute Gasteiger partial charge is 0.315 e. The largest absolute Gasteiger partial charge is 0.489 e. The summed E-state index contributed by atoms with van der Waals surface area (Å²) in [4.78, 5) is 16.8. The summed E-state index contributed by atoms with van der Waals surface area (Å²) < 4.78 is 7.74. The Balaban J connectivity index is 1.54. The van der Waals surface area contributed by atoms with Gasteiger partial charge in [0.2, 0.25) is 0 Å². The van der Waals surface area contributed by atoms with Gasteiger partial charge in [-0.1, -0.05) is 18.2 Å². The standard InChI is InChI=1S/C18H25N5O2/c1-12(13(2)25-15-8-5-4-6-9-15)19-18(24)21-16-10-7-11-23-17(16)20-14(3)22-23/h4-6,8-9,12-13,16H,7,10-11H2,1-3H3,(H2,19,21,24). The maximum Gasteiger partial charge on any atom is 0.315 e. The van der Waals surface area contributed by atoms with Crippen LogP contribution in [0.3, 0.4) is 0 Å². The lowest BCUT2D eigenvalue weighted by molar-refractivity contribution is 0.173. The molecule has 2 N–H and O–H groups in total. The zero-order chi connectivity index (χ0) is 17.8. The fraction of sp³-hybridized carbons (Fsp3) is 0.500. The molecule has 7 nitrogen and oxygen atoms in total. The topological polar surface area (TPSA) is 81.1 Å². The van der Waals surface area contributed by atoms with Gasteiger partial charge in [-0.2, -0.15) is 5.10 Å². The molecule has 3 rings (SSSR count). The third-order valence-corrected chi connectivity index (χ3v) is 4.41. The first-order chi connectivity index (χ1) is 12.0. The van der Waals surface area contributed by atoms with Crippen molar-refractivity contribution >= 4 is 6.03 Å². The lowest BCUT2D eigenvalue weighted by Crippen LogP contribution is -2.48. The normalized spacial score (nSPS) is 18.8. The number of carbonyl (C=O) groups excluding carboxylic acids is 1. The number of para-hydroxylation sites is 1. The average Bonchev–Trinajstić information content (AvgIpc) is 2.97. The van der Waals surface area contributed by atoms with Gasteiger partial charge in [-0.25, -0.2) is 14.5 Å². The van der Waals surface area contributed by atoms with E-state index in [1.807, 2.05) is 55.8 Å². The number of hydrogen-bond donors (Lipinski definition) is 2. The molecule has 3 atom stereocenters. The molecule has 2 heterocycles. The molecule has 0 fully saturated rings. The first kappa shape index (κ1) is 17.3. The van der Waals surface area contributed by atoms with Crippen molar-refractivity contribution in [3.8, 4) is 5.75 Å². The van der Waals surface area contributed by atoms with Crippen LogP contribution in [0.5, 0.6) is 5.75 Å². The van der Waals surface area contributed by atoms with Gasteiger partial charge in [-0.15, -0.1) is 0 Å². The van der Waals surface area contributed by atoms with Crippen LogP contribution in [0.1, 0.15) is 44.4 Å². The Kier molecular flexibility index (Phi) is 5.21. The summed E-state index contributed by atoms with van der Waals surface area (Å²) in [6.07, 6.45) is 1.70. The number of nitrogens with zero attached hydrogens (tertiary/aromatic N) is 3. The predicted octanol–water partition coefficient (Wildman–Crippen LogP) is 2.58. The van der Waals surface area contributed by atoms with E-state index < -0.39 is 0 Å². The van der Waals surface area contributed by atoms with Gasteiger partial charge in [-0.05, 0) is 45.7 Å². The lowest BCUT2D eigenvalue weighted by Gasteiger charge is -2.26. The Morgan fingerprint density at radius 2 is 2.08 bits per heavy atom. The molecule has 2 aromatic rings. The molecule has 0 bridgehead atoms. The maximum absolute atomic E-state index is 12.4. The Labute approximate surface area is 147 Å². The summed E-state index contributed by atoms with van der Waals surface area (Å²) in [5, 5.41) is 10.3. The number of rotatable bonds is 5. The number of aryl methyl sites for hydroxylation is 2. The number of fused-ring (bicyclic) bond motifs is 1. The van der Waals surface area contributed by atoms with E-state index in [-0.39, 0.29) is 24.2 Å². The van der Waals surface area contributed by atoms with Crippen LogP contribution in [0.15, 0.2) is 30.3 Å². The highest BCUT2D eigenvalue weighted by molar-refractivity contribution is 5.74. The molecule has 2 amide bonds. The number of aromatic nitrogens is 3. The second kappa shape index (κ2) is 7.55. The van der Waals surface area contributed by atoms with Crippen molar-refractivity contribution < 1.29 is 9.53 Å². The van der Waals surface area contributed by atoms with E-state index in [2.05, 4.69) is 20.7 Å². The van der Waals surface area contributed by atoms with Gasteiger partial charge in [-0.3, -0.25) is 0 Å². The van der Waals surface area contributed by atoms with Crippen molar-refractivity contribution in [2.75, 3.05) is 0 Å². The second-order valence-corrected chi connectivity index (χ2v) is 6.48. The molecule has 1 aromatic heterocycles. The number of carbonyl (C=O) groups is 1. The fourth-order valence-electron chi connectivity index (χ4n) is 2.94. The van der Waals surface area contributed by atoms with E-state index in [0.29, 0.717) is 0 Å². The second-order valence-electron chi connectivity index (χ2n) is 6.48. The zero-order valence-corrected chi connectivity index (χ0v) is 14.9. The number of amides is 2. The fourth-order valence-corrected chi connectivity index (χ4v) is 2.94. The molecule has 25 heavy (non-hydrogen) atoms. The number of ether oxygens (including phenoxy) is 1. The highest BCUT2D eigenvalue weighted by Crippen LogP contribution is 2.22. The number of nitrogens with one attached hydrogen (secondary N) is 2. The molecule has 1 aliphatic rings.